The molecule has 98 valence electrons. The van der Waals surface area contributed by atoms with Gasteiger partial charge in [-0.1, -0.05) is 53.9 Å². The van der Waals surface area contributed by atoms with E-state index in [9.17, 15) is 0 Å². The van der Waals surface area contributed by atoms with Crippen LogP contribution < -0.4 is 5.32 Å². The van der Waals surface area contributed by atoms with Gasteiger partial charge in [0.05, 0.1) is 0 Å². The Bertz CT molecular complexity index is 159. The van der Waals surface area contributed by atoms with E-state index in [1.54, 1.807) is 0 Å². The van der Waals surface area contributed by atoms with Crippen LogP contribution in [0.2, 0.25) is 0 Å². The highest BCUT2D eigenvalue weighted by Gasteiger charge is 2.32. The summed E-state index contributed by atoms with van der Waals surface area (Å²) in [7, 11) is 0. The maximum atomic E-state index is 3.83. The van der Waals surface area contributed by atoms with Crippen molar-refractivity contribution < 1.29 is 0 Å². The van der Waals surface area contributed by atoms with Gasteiger partial charge in [-0.15, -0.1) is 0 Å². The first kappa shape index (κ1) is 16.0. The van der Waals surface area contributed by atoms with Crippen molar-refractivity contribution in [3.05, 3.63) is 0 Å². The SMILES string of the molecule is CCCC(CCC)C(C)(CCC)NC(C)C. The molecule has 0 aliphatic carbocycles. The lowest BCUT2D eigenvalue weighted by molar-refractivity contribution is 0.174. The summed E-state index contributed by atoms with van der Waals surface area (Å²) in [6.45, 7) is 13.9. The summed E-state index contributed by atoms with van der Waals surface area (Å²) < 4.78 is 0. The summed E-state index contributed by atoms with van der Waals surface area (Å²) in [6, 6.07) is 0.591. The van der Waals surface area contributed by atoms with Crippen LogP contribution in [0.3, 0.4) is 0 Å². The Balaban J connectivity index is 4.64. The van der Waals surface area contributed by atoms with Gasteiger partial charge < -0.3 is 5.32 Å². The van der Waals surface area contributed by atoms with Crippen molar-refractivity contribution in [2.45, 2.75) is 91.6 Å². The molecule has 0 rings (SSSR count). The van der Waals surface area contributed by atoms with E-state index in [0.29, 0.717) is 11.6 Å². The predicted octanol–water partition coefficient (Wildman–Crippen LogP) is 4.76. The van der Waals surface area contributed by atoms with Gasteiger partial charge in [-0.25, -0.2) is 0 Å². The van der Waals surface area contributed by atoms with Gasteiger partial charge in [-0.3, -0.25) is 0 Å². The molecule has 1 atom stereocenters. The molecule has 0 aliphatic heterocycles. The Hall–Kier alpha value is -0.0400. The van der Waals surface area contributed by atoms with E-state index >= 15 is 0 Å². The number of hydrogen-bond acceptors (Lipinski definition) is 1. The molecule has 0 bridgehead atoms. The molecule has 0 aromatic rings. The Morgan fingerprint density at radius 1 is 0.938 bits per heavy atom. The number of nitrogens with one attached hydrogen (secondary N) is 1. The van der Waals surface area contributed by atoms with E-state index in [1.165, 1.54) is 38.5 Å². The maximum absolute atomic E-state index is 3.83. The first-order chi connectivity index (χ1) is 7.50. The number of rotatable bonds is 9. The van der Waals surface area contributed by atoms with Gasteiger partial charge in [-0.2, -0.15) is 0 Å². The summed E-state index contributed by atoms with van der Waals surface area (Å²) in [5.41, 5.74) is 0.342. The zero-order chi connectivity index (χ0) is 12.6. The molecule has 16 heavy (non-hydrogen) atoms. The van der Waals surface area contributed by atoms with Crippen LogP contribution in [0.25, 0.3) is 0 Å². The molecule has 0 aromatic carbocycles. The van der Waals surface area contributed by atoms with Crippen molar-refractivity contribution in [3.8, 4) is 0 Å². The third-order valence-electron chi connectivity index (χ3n) is 3.56. The van der Waals surface area contributed by atoms with Gasteiger partial charge in [0, 0.05) is 11.6 Å². The Morgan fingerprint density at radius 3 is 1.75 bits per heavy atom. The summed E-state index contributed by atoms with van der Waals surface area (Å²) in [6.07, 6.45) is 7.93. The molecule has 1 heteroatoms. The third kappa shape index (κ3) is 5.34. The number of hydrogen-bond donors (Lipinski definition) is 1. The topological polar surface area (TPSA) is 12.0 Å². The van der Waals surface area contributed by atoms with Crippen LogP contribution in [0.5, 0.6) is 0 Å². The van der Waals surface area contributed by atoms with E-state index in [2.05, 4.69) is 46.9 Å². The van der Waals surface area contributed by atoms with Gasteiger partial charge >= 0.3 is 0 Å². The summed E-state index contributed by atoms with van der Waals surface area (Å²) in [5.74, 6) is 0.838. The van der Waals surface area contributed by atoms with Crippen LogP contribution in [0.15, 0.2) is 0 Å². The van der Waals surface area contributed by atoms with E-state index < -0.39 is 0 Å². The molecule has 0 heterocycles. The maximum Gasteiger partial charge on any atom is 0.0183 e. The zero-order valence-electron chi connectivity index (χ0n) is 12.4. The van der Waals surface area contributed by atoms with E-state index in [1.807, 2.05) is 0 Å². The van der Waals surface area contributed by atoms with Crippen LogP contribution in [0.1, 0.15) is 80.1 Å². The van der Waals surface area contributed by atoms with E-state index in [0.717, 1.165) is 5.92 Å². The lowest BCUT2D eigenvalue weighted by Gasteiger charge is -2.40. The van der Waals surface area contributed by atoms with Gasteiger partial charge in [0.15, 0.2) is 0 Å². The van der Waals surface area contributed by atoms with E-state index in [4.69, 9.17) is 0 Å². The van der Waals surface area contributed by atoms with Crippen LogP contribution in [0, 0.1) is 5.92 Å². The predicted molar refractivity (Wildman–Crippen MR) is 74.9 cm³/mol. The average molecular weight is 227 g/mol. The van der Waals surface area contributed by atoms with Gasteiger partial charge in [0.25, 0.3) is 0 Å². The molecule has 0 fully saturated rings. The minimum absolute atomic E-state index is 0.342. The van der Waals surface area contributed by atoms with Gasteiger partial charge in [0.2, 0.25) is 0 Å². The first-order valence-corrected chi connectivity index (χ1v) is 7.27. The highest BCUT2D eigenvalue weighted by atomic mass is 15.0. The largest absolute Gasteiger partial charge is 0.309 e. The molecule has 0 aliphatic rings. The minimum atomic E-state index is 0.342. The fourth-order valence-electron chi connectivity index (χ4n) is 3.05. The molecule has 1 unspecified atom stereocenters. The second kappa shape index (κ2) is 8.11. The molecule has 0 aromatic heterocycles. The van der Waals surface area contributed by atoms with Crippen molar-refractivity contribution in [2.75, 3.05) is 0 Å². The molecular weight excluding hydrogens is 194 g/mol. The van der Waals surface area contributed by atoms with Crippen molar-refractivity contribution in [1.82, 2.24) is 5.32 Å². The van der Waals surface area contributed by atoms with Gasteiger partial charge in [0.1, 0.15) is 0 Å². The molecule has 0 saturated carbocycles. The van der Waals surface area contributed by atoms with Crippen molar-refractivity contribution >= 4 is 0 Å². The molecule has 0 saturated heterocycles. The standard InChI is InChI=1S/C15H33N/c1-7-10-14(11-8-2)15(6,12-9-3)16-13(4)5/h13-14,16H,7-12H2,1-6H3. The fourth-order valence-corrected chi connectivity index (χ4v) is 3.05. The third-order valence-corrected chi connectivity index (χ3v) is 3.56. The molecule has 0 radical (unpaired) electrons. The van der Waals surface area contributed by atoms with Crippen LogP contribution >= 0.6 is 0 Å². The quantitative estimate of drug-likeness (QED) is 0.599. The zero-order valence-corrected chi connectivity index (χ0v) is 12.4. The Morgan fingerprint density at radius 2 is 1.44 bits per heavy atom. The van der Waals surface area contributed by atoms with Crippen LogP contribution in [0.4, 0.5) is 0 Å². The molecule has 0 spiro atoms. The summed E-state index contributed by atoms with van der Waals surface area (Å²) in [4.78, 5) is 0. The van der Waals surface area contributed by atoms with Crippen molar-refractivity contribution in [1.29, 1.82) is 0 Å². The highest BCUT2D eigenvalue weighted by molar-refractivity contribution is 4.90. The Labute approximate surface area is 103 Å². The Kier molecular flexibility index (Phi) is 8.09. The van der Waals surface area contributed by atoms with Crippen LogP contribution in [-0.4, -0.2) is 11.6 Å². The summed E-state index contributed by atoms with van der Waals surface area (Å²) >= 11 is 0. The lowest BCUT2D eigenvalue weighted by atomic mass is 9.76. The molecule has 1 N–H and O–H groups in total. The highest BCUT2D eigenvalue weighted by Crippen LogP contribution is 2.31. The van der Waals surface area contributed by atoms with Crippen molar-refractivity contribution in [2.24, 2.45) is 5.92 Å². The smallest absolute Gasteiger partial charge is 0.0183 e. The van der Waals surface area contributed by atoms with Crippen LogP contribution in [-0.2, 0) is 0 Å². The second-order valence-corrected chi connectivity index (χ2v) is 5.74. The minimum Gasteiger partial charge on any atom is -0.309 e. The van der Waals surface area contributed by atoms with Gasteiger partial charge in [-0.05, 0) is 32.1 Å². The van der Waals surface area contributed by atoms with E-state index in [-0.39, 0.29) is 0 Å². The normalized spacial score (nSPS) is 15.8. The molecule has 0 amide bonds. The lowest BCUT2D eigenvalue weighted by Crippen LogP contribution is -2.51. The first-order valence-electron chi connectivity index (χ1n) is 7.27. The second-order valence-electron chi connectivity index (χ2n) is 5.74. The fraction of sp³-hybridized carbons (Fsp3) is 1.00. The summed E-state index contributed by atoms with van der Waals surface area (Å²) in [5, 5.41) is 3.83. The monoisotopic (exact) mass is 227 g/mol. The van der Waals surface area contributed by atoms with Crippen molar-refractivity contribution in [3.63, 3.8) is 0 Å². The molecule has 1 nitrogen and oxygen atoms in total. The molecular formula is C15H33N. The average Bonchev–Trinajstić information content (AvgIpc) is 2.16.